The van der Waals surface area contributed by atoms with Crippen LogP contribution >= 0.6 is 0 Å². The van der Waals surface area contributed by atoms with E-state index in [1.165, 1.54) is 6.42 Å². The Hall–Kier alpha value is -2.96. The molecule has 0 bridgehead atoms. The number of benzene rings is 1. The number of hydrogen-bond donors (Lipinski definition) is 1. The molecule has 0 radical (unpaired) electrons. The molecule has 35 heavy (non-hydrogen) atoms. The van der Waals surface area contributed by atoms with Crippen LogP contribution in [0.4, 0.5) is 0 Å². The third-order valence-corrected chi connectivity index (χ3v) is 7.33. The second-order valence-corrected chi connectivity index (χ2v) is 10.5. The number of rotatable bonds is 6. The molecule has 1 aromatic rings. The van der Waals surface area contributed by atoms with E-state index in [1.54, 1.807) is 27.4 Å². The highest BCUT2D eigenvalue weighted by Crippen LogP contribution is 2.50. The van der Waals surface area contributed by atoms with Crippen LogP contribution in [0.5, 0.6) is 17.2 Å². The van der Waals surface area contributed by atoms with Crippen molar-refractivity contribution in [1.29, 1.82) is 0 Å². The number of methoxy groups -OCH3 is 3. The zero-order chi connectivity index (χ0) is 25.3. The first-order valence-corrected chi connectivity index (χ1v) is 12.4. The maximum Gasteiger partial charge on any atom is 0.337 e. The maximum atomic E-state index is 13.7. The molecule has 1 fully saturated rings. The third-order valence-electron chi connectivity index (χ3n) is 7.33. The van der Waals surface area contributed by atoms with Crippen molar-refractivity contribution in [2.24, 2.45) is 5.41 Å². The summed E-state index contributed by atoms with van der Waals surface area (Å²) in [5, 5.41) is 3.40. The van der Waals surface area contributed by atoms with Crippen molar-refractivity contribution in [3.8, 4) is 17.2 Å². The van der Waals surface area contributed by atoms with Gasteiger partial charge in [0, 0.05) is 35.0 Å². The summed E-state index contributed by atoms with van der Waals surface area (Å²) in [6.45, 7) is 6.07. The van der Waals surface area contributed by atoms with Gasteiger partial charge in [-0.2, -0.15) is 0 Å². The van der Waals surface area contributed by atoms with Crippen molar-refractivity contribution in [2.45, 2.75) is 77.7 Å². The molecule has 2 aliphatic carbocycles. The van der Waals surface area contributed by atoms with Gasteiger partial charge >= 0.3 is 5.97 Å². The predicted octanol–water partition coefficient (Wildman–Crippen LogP) is 5.19. The summed E-state index contributed by atoms with van der Waals surface area (Å²) in [6, 6.07) is 3.56. The molecule has 3 aliphatic rings. The van der Waals surface area contributed by atoms with Gasteiger partial charge in [-0.15, -0.1) is 0 Å². The summed E-state index contributed by atoms with van der Waals surface area (Å²) >= 11 is 0. The Bertz CT molecular complexity index is 1080. The largest absolute Gasteiger partial charge is 0.496 e. The first-order chi connectivity index (χ1) is 16.7. The fourth-order valence-corrected chi connectivity index (χ4v) is 5.69. The molecule has 7 heteroatoms. The molecule has 1 aromatic carbocycles. The average Bonchev–Trinajstić information content (AvgIpc) is 2.81. The molecule has 1 heterocycles. The van der Waals surface area contributed by atoms with E-state index < -0.39 is 5.92 Å². The molecule has 7 nitrogen and oxygen atoms in total. The van der Waals surface area contributed by atoms with Crippen LogP contribution in [-0.4, -0.2) is 39.2 Å². The van der Waals surface area contributed by atoms with Crippen LogP contribution in [-0.2, 0) is 14.3 Å². The van der Waals surface area contributed by atoms with E-state index in [2.05, 4.69) is 19.2 Å². The van der Waals surface area contributed by atoms with Gasteiger partial charge < -0.3 is 24.3 Å². The Labute approximate surface area is 207 Å². The molecule has 0 spiro atoms. The number of carbonyl (C=O) groups is 2. The van der Waals surface area contributed by atoms with Crippen LogP contribution in [0.25, 0.3) is 0 Å². The molecular formula is C28H37NO6. The zero-order valence-corrected chi connectivity index (χ0v) is 21.7. The fourth-order valence-electron chi connectivity index (χ4n) is 5.69. The average molecular weight is 484 g/mol. The smallest absolute Gasteiger partial charge is 0.337 e. The van der Waals surface area contributed by atoms with Crippen molar-refractivity contribution in [2.75, 3.05) is 21.3 Å². The standard InChI is InChI=1S/C28H37NO6/c1-16-24(27(31)35-17-10-8-7-9-11-17)25(26-19(29-16)14-28(2,3)15-20(26)30)18-12-22(33-5)23(34-6)13-21(18)32-4/h12-13,17,25,29H,7-11,14-15H2,1-6H3/t25-/m1/s1. The molecule has 0 aromatic heterocycles. The number of nitrogens with one attached hydrogen (secondary N) is 1. The molecule has 1 N–H and O–H groups in total. The number of esters is 1. The van der Waals surface area contributed by atoms with Crippen molar-refractivity contribution in [3.63, 3.8) is 0 Å². The van der Waals surface area contributed by atoms with Crippen LogP contribution in [0, 0.1) is 5.41 Å². The number of carbonyl (C=O) groups excluding carboxylic acids is 2. The maximum absolute atomic E-state index is 13.7. The van der Waals surface area contributed by atoms with E-state index in [0.717, 1.165) is 31.4 Å². The van der Waals surface area contributed by atoms with Crippen LogP contribution in [0.2, 0.25) is 0 Å². The Morgan fingerprint density at radius 2 is 1.57 bits per heavy atom. The number of hydrogen-bond acceptors (Lipinski definition) is 7. The number of dihydropyridines is 1. The van der Waals surface area contributed by atoms with Crippen LogP contribution in [0.15, 0.2) is 34.7 Å². The molecule has 0 unspecified atom stereocenters. The van der Waals surface area contributed by atoms with E-state index in [9.17, 15) is 9.59 Å². The number of allylic oxidation sites excluding steroid dienone is 3. The van der Waals surface area contributed by atoms with E-state index in [-0.39, 0.29) is 23.3 Å². The van der Waals surface area contributed by atoms with Gasteiger partial charge in [0.15, 0.2) is 17.3 Å². The van der Waals surface area contributed by atoms with E-state index >= 15 is 0 Å². The second-order valence-electron chi connectivity index (χ2n) is 10.5. The summed E-state index contributed by atoms with van der Waals surface area (Å²) in [7, 11) is 4.70. The molecule has 4 rings (SSSR count). The van der Waals surface area contributed by atoms with Gasteiger partial charge in [-0.25, -0.2) is 4.79 Å². The first-order valence-electron chi connectivity index (χ1n) is 12.4. The van der Waals surface area contributed by atoms with Gasteiger partial charge in [0.25, 0.3) is 0 Å². The van der Waals surface area contributed by atoms with Crippen molar-refractivity contribution < 1.29 is 28.5 Å². The lowest BCUT2D eigenvalue weighted by molar-refractivity contribution is -0.146. The summed E-state index contributed by atoms with van der Waals surface area (Å²) in [6.07, 6.45) is 6.05. The van der Waals surface area contributed by atoms with Crippen molar-refractivity contribution in [1.82, 2.24) is 5.32 Å². The monoisotopic (exact) mass is 483 g/mol. The van der Waals surface area contributed by atoms with E-state index in [0.29, 0.717) is 52.5 Å². The lowest BCUT2D eigenvalue weighted by Gasteiger charge is -2.40. The predicted molar refractivity (Wildman–Crippen MR) is 133 cm³/mol. The van der Waals surface area contributed by atoms with Gasteiger partial charge in [-0.1, -0.05) is 20.3 Å². The minimum Gasteiger partial charge on any atom is -0.496 e. The minimum atomic E-state index is -0.624. The van der Waals surface area contributed by atoms with Gasteiger partial charge in [0.05, 0.1) is 32.8 Å². The van der Waals surface area contributed by atoms with Crippen molar-refractivity contribution >= 4 is 11.8 Å². The van der Waals surface area contributed by atoms with Gasteiger partial charge in [0.1, 0.15) is 11.9 Å². The van der Waals surface area contributed by atoms with Gasteiger partial charge in [-0.05, 0) is 50.5 Å². The Kier molecular flexibility index (Phi) is 7.15. The molecule has 0 saturated heterocycles. The molecule has 0 amide bonds. The fraction of sp³-hybridized carbons (Fsp3) is 0.571. The van der Waals surface area contributed by atoms with Gasteiger partial charge in [0.2, 0.25) is 0 Å². The molecule has 1 saturated carbocycles. The van der Waals surface area contributed by atoms with Gasteiger partial charge in [-0.3, -0.25) is 4.79 Å². The number of ether oxygens (including phenoxy) is 4. The SMILES string of the molecule is COc1cc(OC)c([C@@H]2C(C(=O)OC3CCCCC3)=C(C)NC3=C2C(=O)CC(C)(C)C3)cc1OC. The number of ketones is 1. The van der Waals surface area contributed by atoms with Crippen molar-refractivity contribution in [3.05, 3.63) is 40.2 Å². The highest BCUT2D eigenvalue weighted by Gasteiger charge is 2.44. The van der Waals surface area contributed by atoms with Crippen LogP contribution in [0.1, 0.15) is 77.2 Å². The number of Topliss-reactive ketones (excluding diaryl/α,β-unsaturated/α-hetero) is 1. The lowest BCUT2D eigenvalue weighted by atomic mass is 9.68. The quantitative estimate of drug-likeness (QED) is 0.557. The van der Waals surface area contributed by atoms with E-state index in [4.69, 9.17) is 18.9 Å². The topological polar surface area (TPSA) is 83.1 Å². The highest BCUT2D eigenvalue weighted by atomic mass is 16.5. The van der Waals surface area contributed by atoms with E-state index in [1.807, 2.05) is 13.0 Å². The lowest BCUT2D eigenvalue weighted by Crippen LogP contribution is -2.39. The molecular weight excluding hydrogens is 446 g/mol. The zero-order valence-electron chi connectivity index (χ0n) is 21.7. The Morgan fingerprint density at radius 1 is 0.943 bits per heavy atom. The first kappa shape index (κ1) is 25.1. The Morgan fingerprint density at radius 3 is 2.20 bits per heavy atom. The minimum absolute atomic E-state index is 0.0288. The summed E-state index contributed by atoms with van der Waals surface area (Å²) in [5.41, 5.74) is 3.14. The third kappa shape index (κ3) is 4.91. The molecule has 1 atom stereocenters. The second kappa shape index (κ2) is 9.96. The Balaban J connectivity index is 1.87. The normalized spacial score (nSPS) is 22.3. The molecule has 1 aliphatic heterocycles. The summed E-state index contributed by atoms with van der Waals surface area (Å²) in [4.78, 5) is 27.3. The highest BCUT2D eigenvalue weighted by molar-refractivity contribution is 6.04. The molecule has 190 valence electrons. The van der Waals surface area contributed by atoms with Crippen LogP contribution < -0.4 is 19.5 Å². The summed E-state index contributed by atoms with van der Waals surface area (Å²) < 4.78 is 22.8. The summed E-state index contributed by atoms with van der Waals surface area (Å²) in [5.74, 6) is 0.564. The van der Waals surface area contributed by atoms with Crippen LogP contribution in [0.3, 0.4) is 0 Å².